The predicted octanol–water partition coefficient (Wildman–Crippen LogP) is 4.09. The highest BCUT2D eigenvalue weighted by molar-refractivity contribution is 6.32. The van der Waals surface area contributed by atoms with E-state index in [0.29, 0.717) is 10.6 Å². The van der Waals surface area contributed by atoms with E-state index < -0.39 is 0 Å². The largest absolute Gasteiger partial charge is 0.497 e. The summed E-state index contributed by atoms with van der Waals surface area (Å²) in [6, 6.07) is 14.7. The fourth-order valence-corrected chi connectivity index (χ4v) is 1.92. The molecule has 0 aliphatic heterocycles. The van der Waals surface area contributed by atoms with Gasteiger partial charge in [-0.3, -0.25) is 4.79 Å². The quantitative estimate of drug-likeness (QED) is 0.476. The molecular formula is C16H13ClO2. The van der Waals surface area contributed by atoms with Crippen LogP contribution in [0.15, 0.2) is 48.5 Å². The van der Waals surface area contributed by atoms with Gasteiger partial charge in [0.1, 0.15) is 5.75 Å². The Hall–Kier alpha value is -2.06. The van der Waals surface area contributed by atoms with Gasteiger partial charge in [-0.25, -0.2) is 0 Å². The van der Waals surface area contributed by atoms with Gasteiger partial charge in [0, 0.05) is 10.6 Å². The lowest BCUT2D eigenvalue weighted by atomic mass is 10.0. The van der Waals surface area contributed by atoms with Crippen molar-refractivity contribution in [3.63, 3.8) is 0 Å². The Labute approximate surface area is 117 Å². The highest BCUT2D eigenvalue weighted by Crippen LogP contribution is 2.23. The first-order valence-electron chi connectivity index (χ1n) is 5.80. The molecule has 2 nitrogen and oxygen atoms in total. The van der Waals surface area contributed by atoms with Gasteiger partial charge in [0.25, 0.3) is 0 Å². The molecule has 0 unspecified atom stereocenters. The minimum atomic E-state index is 0.579. The molecule has 2 aromatic rings. The minimum absolute atomic E-state index is 0.579. The molecule has 2 aromatic carbocycles. The number of rotatable bonds is 4. The number of aldehydes is 1. The number of benzene rings is 2. The molecule has 0 saturated carbocycles. The van der Waals surface area contributed by atoms with Gasteiger partial charge in [-0.1, -0.05) is 41.9 Å². The summed E-state index contributed by atoms with van der Waals surface area (Å²) in [5.41, 5.74) is 2.23. The van der Waals surface area contributed by atoms with Crippen LogP contribution in [0.1, 0.15) is 11.1 Å². The zero-order chi connectivity index (χ0) is 13.7. The molecule has 96 valence electrons. The molecular weight excluding hydrogens is 260 g/mol. The van der Waals surface area contributed by atoms with Crippen LogP contribution in [0, 0.1) is 0 Å². The van der Waals surface area contributed by atoms with Crippen molar-refractivity contribution >= 4 is 29.5 Å². The number of ether oxygens (including phenoxy) is 1. The van der Waals surface area contributed by atoms with Crippen LogP contribution >= 0.6 is 11.6 Å². The Morgan fingerprint density at radius 2 is 1.79 bits per heavy atom. The van der Waals surface area contributed by atoms with E-state index in [0.717, 1.165) is 23.2 Å². The third kappa shape index (κ3) is 3.24. The maximum absolute atomic E-state index is 11.2. The van der Waals surface area contributed by atoms with Gasteiger partial charge in [0.2, 0.25) is 0 Å². The maximum Gasteiger partial charge on any atom is 0.150 e. The monoisotopic (exact) mass is 272 g/mol. The summed E-state index contributed by atoms with van der Waals surface area (Å²) < 4.78 is 5.09. The van der Waals surface area contributed by atoms with Crippen molar-refractivity contribution in [2.24, 2.45) is 0 Å². The maximum atomic E-state index is 11.2. The molecule has 0 aliphatic rings. The molecule has 0 atom stereocenters. The van der Waals surface area contributed by atoms with Crippen molar-refractivity contribution in [2.75, 3.05) is 7.11 Å². The normalized spacial score (nSPS) is 11.2. The van der Waals surface area contributed by atoms with E-state index in [1.807, 2.05) is 42.5 Å². The highest BCUT2D eigenvalue weighted by Gasteiger charge is 2.03. The number of hydrogen-bond acceptors (Lipinski definition) is 2. The lowest BCUT2D eigenvalue weighted by molar-refractivity contribution is -0.103. The van der Waals surface area contributed by atoms with Gasteiger partial charge < -0.3 is 4.74 Å². The van der Waals surface area contributed by atoms with Crippen molar-refractivity contribution in [1.29, 1.82) is 0 Å². The van der Waals surface area contributed by atoms with Crippen LogP contribution in [0.4, 0.5) is 0 Å². The number of carbonyl (C=O) groups excluding carboxylic acids is 1. The van der Waals surface area contributed by atoms with Gasteiger partial charge in [-0.05, 0) is 35.4 Å². The third-order valence-corrected chi connectivity index (χ3v) is 3.11. The Balaban J connectivity index is 2.39. The molecule has 19 heavy (non-hydrogen) atoms. The Kier molecular flexibility index (Phi) is 4.37. The zero-order valence-corrected chi connectivity index (χ0v) is 11.2. The van der Waals surface area contributed by atoms with Crippen molar-refractivity contribution in [3.8, 4) is 5.75 Å². The van der Waals surface area contributed by atoms with Crippen LogP contribution in [0.5, 0.6) is 5.75 Å². The molecule has 2 rings (SSSR count). The fourth-order valence-electron chi connectivity index (χ4n) is 1.73. The molecule has 0 N–H and O–H groups in total. The van der Waals surface area contributed by atoms with E-state index >= 15 is 0 Å². The van der Waals surface area contributed by atoms with Crippen molar-refractivity contribution in [1.82, 2.24) is 0 Å². The second-order valence-corrected chi connectivity index (χ2v) is 4.37. The van der Waals surface area contributed by atoms with Crippen molar-refractivity contribution in [3.05, 3.63) is 64.7 Å². The average molecular weight is 273 g/mol. The number of carbonyl (C=O) groups is 1. The summed E-state index contributed by atoms with van der Waals surface area (Å²) >= 11 is 6.08. The second-order valence-electron chi connectivity index (χ2n) is 3.97. The Morgan fingerprint density at radius 3 is 2.37 bits per heavy atom. The van der Waals surface area contributed by atoms with Crippen molar-refractivity contribution < 1.29 is 9.53 Å². The van der Waals surface area contributed by atoms with E-state index in [1.54, 1.807) is 19.3 Å². The summed E-state index contributed by atoms with van der Waals surface area (Å²) in [4.78, 5) is 11.2. The predicted molar refractivity (Wildman–Crippen MR) is 78.4 cm³/mol. The van der Waals surface area contributed by atoms with Crippen molar-refractivity contribution in [2.45, 2.75) is 0 Å². The van der Waals surface area contributed by atoms with Crippen LogP contribution in [-0.2, 0) is 4.79 Å². The number of halogens is 1. The van der Waals surface area contributed by atoms with Gasteiger partial charge in [-0.15, -0.1) is 0 Å². The molecule has 3 heteroatoms. The van der Waals surface area contributed by atoms with Gasteiger partial charge in [0.05, 0.1) is 7.11 Å². The number of methoxy groups -OCH3 is 1. The fraction of sp³-hybridized carbons (Fsp3) is 0.0625. The standard InChI is InChI=1S/C16H13ClO2/c1-19-15-8-6-12(7-9-15)14(11-18)10-13-4-2-3-5-16(13)17/h2-11H,1H3. The van der Waals surface area contributed by atoms with Gasteiger partial charge >= 0.3 is 0 Å². The molecule has 0 aliphatic carbocycles. The van der Waals surface area contributed by atoms with E-state index in [9.17, 15) is 4.79 Å². The second kappa shape index (κ2) is 6.21. The van der Waals surface area contributed by atoms with Gasteiger partial charge in [0.15, 0.2) is 6.29 Å². The summed E-state index contributed by atoms with van der Waals surface area (Å²) in [6.07, 6.45) is 2.60. The summed E-state index contributed by atoms with van der Waals surface area (Å²) in [5.74, 6) is 0.756. The molecule has 0 spiro atoms. The molecule has 0 saturated heterocycles. The first kappa shape index (κ1) is 13.4. The molecule has 0 heterocycles. The third-order valence-electron chi connectivity index (χ3n) is 2.77. The summed E-state index contributed by atoms with van der Waals surface area (Å²) in [6.45, 7) is 0. The SMILES string of the molecule is COc1ccc(C(C=O)=Cc2ccccc2Cl)cc1. The highest BCUT2D eigenvalue weighted by atomic mass is 35.5. The molecule has 0 fully saturated rings. The van der Waals surface area contributed by atoms with Crippen LogP contribution in [0.3, 0.4) is 0 Å². The Morgan fingerprint density at radius 1 is 1.11 bits per heavy atom. The lowest BCUT2D eigenvalue weighted by Gasteiger charge is -2.04. The Bertz CT molecular complexity index is 600. The van der Waals surface area contributed by atoms with E-state index in [1.165, 1.54) is 0 Å². The number of hydrogen-bond donors (Lipinski definition) is 0. The van der Waals surface area contributed by atoms with Crippen LogP contribution in [-0.4, -0.2) is 13.4 Å². The number of allylic oxidation sites excluding steroid dienone is 1. The lowest BCUT2D eigenvalue weighted by Crippen LogP contribution is -1.88. The summed E-state index contributed by atoms with van der Waals surface area (Å²) in [5, 5.41) is 0.621. The average Bonchev–Trinajstić information content (AvgIpc) is 2.47. The first-order chi connectivity index (χ1) is 9.24. The van der Waals surface area contributed by atoms with E-state index in [4.69, 9.17) is 16.3 Å². The van der Waals surface area contributed by atoms with Crippen LogP contribution in [0.2, 0.25) is 5.02 Å². The van der Waals surface area contributed by atoms with Crippen LogP contribution < -0.4 is 4.74 Å². The summed E-state index contributed by atoms with van der Waals surface area (Å²) in [7, 11) is 1.61. The molecule has 0 radical (unpaired) electrons. The zero-order valence-electron chi connectivity index (χ0n) is 10.5. The molecule has 0 aromatic heterocycles. The van der Waals surface area contributed by atoms with E-state index in [2.05, 4.69) is 0 Å². The van der Waals surface area contributed by atoms with Crippen LogP contribution in [0.25, 0.3) is 11.6 Å². The van der Waals surface area contributed by atoms with Gasteiger partial charge in [-0.2, -0.15) is 0 Å². The molecule has 0 bridgehead atoms. The minimum Gasteiger partial charge on any atom is -0.497 e. The van der Waals surface area contributed by atoms with E-state index in [-0.39, 0.29) is 0 Å². The smallest absolute Gasteiger partial charge is 0.150 e. The first-order valence-corrected chi connectivity index (χ1v) is 6.18. The topological polar surface area (TPSA) is 26.3 Å². The molecule has 0 amide bonds.